The Morgan fingerprint density at radius 3 is 2.05 bits per heavy atom. The summed E-state index contributed by atoms with van der Waals surface area (Å²) in [7, 11) is 1.88. The molecule has 110 valence electrons. The first kappa shape index (κ1) is 16.0. The first-order valence-corrected chi connectivity index (χ1v) is 7.47. The molecular formula is C15H28N2O2. The van der Waals surface area contributed by atoms with Gasteiger partial charge in [0.15, 0.2) is 0 Å². The van der Waals surface area contributed by atoms with Gasteiger partial charge in [-0.2, -0.15) is 0 Å². The predicted octanol–water partition coefficient (Wildman–Crippen LogP) is 2.33. The fourth-order valence-electron chi connectivity index (χ4n) is 2.78. The third kappa shape index (κ3) is 4.84. The Labute approximate surface area is 116 Å². The smallest absolute Gasteiger partial charge is 0.245 e. The van der Waals surface area contributed by atoms with Gasteiger partial charge in [-0.3, -0.25) is 9.59 Å². The van der Waals surface area contributed by atoms with Gasteiger partial charge < -0.3 is 10.2 Å². The first-order valence-electron chi connectivity index (χ1n) is 7.47. The molecule has 1 atom stereocenters. The quantitative estimate of drug-likeness (QED) is 0.796. The molecule has 1 N–H and O–H groups in total. The van der Waals surface area contributed by atoms with Crippen LogP contribution in [0, 0.1) is 5.92 Å². The predicted molar refractivity (Wildman–Crippen MR) is 76.7 cm³/mol. The number of carbonyl (C=O) groups excluding carboxylic acids is 2. The van der Waals surface area contributed by atoms with Crippen LogP contribution in [0.5, 0.6) is 0 Å². The highest BCUT2D eigenvalue weighted by atomic mass is 16.2. The van der Waals surface area contributed by atoms with E-state index in [2.05, 4.69) is 5.32 Å². The molecule has 0 aromatic carbocycles. The van der Waals surface area contributed by atoms with Crippen molar-refractivity contribution in [1.29, 1.82) is 0 Å². The SMILES string of the molecule is CC(=O)NC(C(=O)N(C)C1CCCCCC1)C(C)C. The average Bonchev–Trinajstić information content (AvgIpc) is 2.62. The highest BCUT2D eigenvalue weighted by molar-refractivity contribution is 5.87. The molecule has 19 heavy (non-hydrogen) atoms. The zero-order chi connectivity index (χ0) is 14.4. The van der Waals surface area contributed by atoms with Gasteiger partial charge in [-0.05, 0) is 18.8 Å². The van der Waals surface area contributed by atoms with Crippen molar-refractivity contribution in [2.24, 2.45) is 5.92 Å². The van der Waals surface area contributed by atoms with Gasteiger partial charge in [0.2, 0.25) is 11.8 Å². The van der Waals surface area contributed by atoms with E-state index in [9.17, 15) is 9.59 Å². The van der Waals surface area contributed by atoms with Crippen LogP contribution in [-0.4, -0.2) is 35.8 Å². The largest absolute Gasteiger partial charge is 0.344 e. The normalized spacial score (nSPS) is 18.8. The van der Waals surface area contributed by atoms with Crippen LogP contribution in [0.1, 0.15) is 59.3 Å². The fraction of sp³-hybridized carbons (Fsp3) is 0.867. The first-order chi connectivity index (χ1) is 8.93. The van der Waals surface area contributed by atoms with Crippen molar-refractivity contribution in [1.82, 2.24) is 10.2 Å². The summed E-state index contributed by atoms with van der Waals surface area (Å²) >= 11 is 0. The lowest BCUT2D eigenvalue weighted by Gasteiger charge is -2.32. The van der Waals surface area contributed by atoms with E-state index in [0.29, 0.717) is 6.04 Å². The Morgan fingerprint density at radius 2 is 1.63 bits per heavy atom. The number of carbonyl (C=O) groups is 2. The van der Waals surface area contributed by atoms with Crippen LogP contribution >= 0.6 is 0 Å². The molecule has 1 rings (SSSR count). The zero-order valence-corrected chi connectivity index (χ0v) is 12.7. The topological polar surface area (TPSA) is 49.4 Å². The second kappa shape index (κ2) is 7.51. The Kier molecular flexibility index (Phi) is 6.32. The molecule has 0 saturated heterocycles. The number of hydrogen-bond donors (Lipinski definition) is 1. The molecule has 0 bridgehead atoms. The molecule has 1 aliphatic rings. The molecule has 0 aromatic heterocycles. The summed E-state index contributed by atoms with van der Waals surface area (Å²) in [4.78, 5) is 25.6. The van der Waals surface area contributed by atoms with Crippen molar-refractivity contribution in [2.45, 2.75) is 71.4 Å². The Morgan fingerprint density at radius 1 is 1.11 bits per heavy atom. The molecule has 1 fully saturated rings. The van der Waals surface area contributed by atoms with Gasteiger partial charge in [-0.25, -0.2) is 0 Å². The van der Waals surface area contributed by atoms with Crippen molar-refractivity contribution in [3.8, 4) is 0 Å². The lowest BCUT2D eigenvalue weighted by molar-refractivity contribution is -0.138. The van der Waals surface area contributed by atoms with E-state index in [1.165, 1.54) is 32.6 Å². The minimum atomic E-state index is -0.397. The van der Waals surface area contributed by atoms with Crippen LogP contribution in [-0.2, 0) is 9.59 Å². The van der Waals surface area contributed by atoms with Gasteiger partial charge in [-0.1, -0.05) is 39.5 Å². The average molecular weight is 268 g/mol. The van der Waals surface area contributed by atoms with Gasteiger partial charge in [0.25, 0.3) is 0 Å². The van der Waals surface area contributed by atoms with Crippen LogP contribution in [0.3, 0.4) is 0 Å². The summed E-state index contributed by atoms with van der Waals surface area (Å²) in [6.45, 7) is 5.41. The molecule has 0 spiro atoms. The van der Waals surface area contributed by atoms with Crippen molar-refractivity contribution in [3.05, 3.63) is 0 Å². The zero-order valence-electron chi connectivity index (χ0n) is 12.7. The number of nitrogens with one attached hydrogen (secondary N) is 1. The molecule has 1 aliphatic carbocycles. The molecule has 0 heterocycles. The number of nitrogens with zero attached hydrogens (tertiary/aromatic N) is 1. The van der Waals surface area contributed by atoms with Crippen LogP contribution in [0.25, 0.3) is 0 Å². The van der Waals surface area contributed by atoms with Gasteiger partial charge >= 0.3 is 0 Å². The molecule has 1 saturated carbocycles. The van der Waals surface area contributed by atoms with Crippen molar-refractivity contribution < 1.29 is 9.59 Å². The van der Waals surface area contributed by atoms with E-state index in [1.807, 2.05) is 25.8 Å². The monoisotopic (exact) mass is 268 g/mol. The third-order valence-corrected chi connectivity index (χ3v) is 4.01. The molecule has 4 heteroatoms. The standard InChI is InChI=1S/C15H28N2O2/c1-11(2)14(16-12(3)18)15(19)17(4)13-9-7-5-6-8-10-13/h11,13-14H,5-10H2,1-4H3,(H,16,18). The summed E-state index contributed by atoms with van der Waals surface area (Å²) in [6.07, 6.45) is 7.14. The van der Waals surface area contributed by atoms with Crippen LogP contribution in [0.4, 0.5) is 0 Å². The molecular weight excluding hydrogens is 240 g/mol. The van der Waals surface area contributed by atoms with Gasteiger partial charge in [-0.15, -0.1) is 0 Å². The number of hydrogen-bond acceptors (Lipinski definition) is 2. The van der Waals surface area contributed by atoms with Gasteiger partial charge in [0.05, 0.1) is 0 Å². The van der Waals surface area contributed by atoms with E-state index in [0.717, 1.165) is 12.8 Å². The van der Waals surface area contributed by atoms with Crippen molar-refractivity contribution >= 4 is 11.8 Å². The third-order valence-electron chi connectivity index (χ3n) is 4.01. The number of rotatable bonds is 4. The molecule has 0 aromatic rings. The number of amides is 2. The van der Waals surface area contributed by atoms with Crippen molar-refractivity contribution in [3.63, 3.8) is 0 Å². The molecule has 0 radical (unpaired) electrons. The van der Waals surface area contributed by atoms with Gasteiger partial charge in [0.1, 0.15) is 6.04 Å². The van der Waals surface area contributed by atoms with Gasteiger partial charge in [0, 0.05) is 20.0 Å². The van der Waals surface area contributed by atoms with E-state index in [4.69, 9.17) is 0 Å². The second-order valence-electron chi connectivity index (χ2n) is 6.02. The lowest BCUT2D eigenvalue weighted by Crippen LogP contribution is -2.52. The maximum atomic E-state index is 12.5. The molecule has 1 unspecified atom stereocenters. The second-order valence-corrected chi connectivity index (χ2v) is 6.02. The maximum absolute atomic E-state index is 12.5. The summed E-state index contributed by atoms with van der Waals surface area (Å²) in [5.74, 6) is 0.0306. The molecule has 4 nitrogen and oxygen atoms in total. The van der Waals surface area contributed by atoms with Crippen LogP contribution < -0.4 is 5.32 Å². The minimum Gasteiger partial charge on any atom is -0.344 e. The van der Waals surface area contributed by atoms with E-state index >= 15 is 0 Å². The van der Waals surface area contributed by atoms with Crippen LogP contribution in [0.2, 0.25) is 0 Å². The Hall–Kier alpha value is -1.06. The maximum Gasteiger partial charge on any atom is 0.245 e. The summed E-state index contributed by atoms with van der Waals surface area (Å²) in [5, 5.41) is 2.78. The van der Waals surface area contributed by atoms with E-state index in [1.54, 1.807) is 0 Å². The summed E-state index contributed by atoms with van der Waals surface area (Å²) in [5.41, 5.74) is 0. The fourth-order valence-corrected chi connectivity index (χ4v) is 2.78. The molecule has 2 amide bonds. The number of likely N-dealkylation sites (N-methyl/N-ethyl adjacent to an activating group) is 1. The highest BCUT2D eigenvalue weighted by Gasteiger charge is 2.29. The summed E-state index contributed by atoms with van der Waals surface area (Å²) in [6, 6.07) is -0.0595. The molecule has 0 aliphatic heterocycles. The lowest BCUT2D eigenvalue weighted by atomic mass is 10.0. The summed E-state index contributed by atoms with van der Waals surface area (Å²) < 4.78 is 0. The Balaban J connectivity index is 2.68. The van der Waals surface area contributed by atoms with Crippen LogP contribution in [0.15, 0.2) is 0 Å². The van der Waals surface area contributed by atoms with Crippen molar-refractivity contribution in [2.75, 3.05) is 7.05 Å². The van der Waals surface area contributed by atoms with E-state index < -0.39 is 6.04 Å². The highest BCUT2D eigenvalue weighted by Crippen LogP contribution is 2.22. The van der Waals surface area contributed by atoms with E-state index in [-0.39, 0.29) is 17.7 Å². The Bertz CT molecular complexity index is 307. The minimum absolute atomic E-state index is 0.0529.